The van der Waals surface area contributed by atoms with Crippen LogP contribution < -0.4 is 10.5 Å². The van der Waals surface area contributed by atoms with Crippen LogP contribution >= 0.6 is 15.9 Å². The lowest BCUT2D eigenvalue weighted by molar-refractivity contribution is 0.572. The first-order valence-corrected chi connectivity index (χ1v) is 9.20. The molecule has 1 aromatic carbocycles. The van der Waals surface area contributed by atoms with Crippen molar-refractivity contribution in [2.24, 2.45) is 11.7 Å². The Morgan fingerprint density at radius 2 is 2.10 bits per heavy atom. The van der Waals surface area contributed by atoms with Crippen molar-refractivity contribution >= 4 is 26.0 Å². The van der Waals surface area contributed by atoms with Crippen molar-refractivity contribution < 1.29 is 8.42 Å². The lowest BCUT2D eigenvalue weighted by Crippen LogP contribution is -2.25. The Balaban J connectivity index is 2.08. The van der Waals surface area contributed by atoms with Crippen molar-refractivity contribution in [3.05, 3.63) is 27.7 Å². The summed E-state index contributed by atoms with van der Waals surface area (Å²) < 4.78 is 28.0. The summed E-state index contributed by atoms with van der Waals surface area (Å²) in [6.45, 7) is 2.70. The number of nitrogens with two attached hydrogens (primary N) is 1. The zero-order chi connectivity index (χ0) is 14.8. The third-order valence-electron chi connectivity index (χ3n) is 3.58. The molecule has 0 aromatic heterocycles. The van der Waals surface area contributed by atoms with Gasteiger partial charge in [0.05, 0.1) is 4.90 Å². The Bertz CT molecular complexity index is 583. The molecule has 0 atom stereocenters. The van der Waals surface area contributed by atoms with Gasteiger partial charge in [0.25, 0.3) is 0 Å². The van der Waals surface area contributed by atoms with Gasteiger partial charge >= 0.3 is 0 Å². The highest BCUT2D eigenvalue weighted by molar-refractivity contribution is 9.10. The van der Waals surface area contributed by atoms with Crippen LogP contribution in [0.15, 0.2) is 21.5 Å². The average molecular weight is 361 g/mol. The second-order valence-electron chi connectivity index (χ2n) is 5.41. The number of aryl methyl sites for hydroxylation is 1. The summed E-state index contributed by atoms with van der Waals surface area (Å²) >= 11 is 3.36. The Hall–Kier alpha value is -0.430. The number of sulfonamides is 1. The number of hydrogen-bond donors (Lipinski definition) is 2. The first-order valence-electron chi connectivity index (χ1n) is 6.93. The number of rotatable bonds is 7. The number of benzene rings is 1. The predicted octanol–water partition coefficient (Wildman–Crippen LogP) is 2.68. The van der Waals surface area contributed by atoms with Crippen molar-refractivity contribution in [2.75, 3.05) is 6.54 Å². The first-order chi connectivity index (χ1) is 9.44. The molecule has 2 rings (SSSR count). The highest BCUT2D eigenvalue weighted by Gasteiger charge is 2.22. The molecule has 4 nitrogen and oxygen atoms in total. The quantitative estimate of drug-likeness (QED) is 0.734. The van der Waals surface area contributed by atoms with Gasteiger partial charge in [0.2, 0.25) is 10.0 Å². The molecule has 1 aliphatic rings. The van der Waals surface area contributed by atoms with Crippen LogP contribution in [0, 0.1) is 12.8 Å². The van der Waals surface area contributed by atoms with E-state index in [0.29, 0.717) is 17.6 Å². The van der Waals surface area contributed by atoms with Gasteiger partial charge in [-0.05, 0) is 58.8 Å². The molecule has 112 valence electrons. The van der Waals surface area contributed by atoms with Crippen LogP contribution in [0.1, 0.15) is 36.8 Å². The van der Waals surface area contributed by atoms with E-state index in [1.165, 1.54) is 12.8 Å². The van der Waals surface area contributed by atoms with Crippen LogP contribution in [-0.2, 0) is 16.6 Å². The van der Waals surface area contributed by atoms with E-state index < -0.39 is 10.0 Å². The molecule has 20 heavy (non-hydrogen) atoms. The molecule has 0 saturated heterocycles. The van der Waals surface area contributed by atoms with Crippen LogP contribution in [0.3, 0.4) is 0 Å². The van der Waals surface area contributed by atoms with Gasteiger partial charge in [-0.15, -0.1) is 0 Å². The van der Waals surface area contributed by atoms with Gasteiger partial charge in [-0.25, -0.2) is 13.1 Å². The highest BCUT2D eigenvalue weighted by Crippen LogP contribution is 2.33. The summed E-state index contributed by atoms with van der Waals surface area (Å²) in [5, 5.41) is 0. The topological polar surface area (TPSA) is 72.2 Å². The average Bonchev–Trinajstić information content (AvgIpc) is 3.21. The molecule has 1 fully saturated rings. The summed E-state index contributed by atoms with van der Waals surface area (Å²) in [7, 11) is -3.48. The van der Waals surface area contributed by atoms with Crippen molar-refractivity contribution in [1.29, 1.82) is 0 Å². The van der Waals surface area contributed by atoms with Gasteiger partial charge in [-0.2, -0.15) is 0 Å². The van der Waals surface area contributed by atoms with Crippen molar-refractivity contribution in [2.45, 2.75) is 44.0 Å². The van der Waals surface area contributed by atoms with Crippen molar-refractivity contribution in [1.82, 2.24) is 4.72 Å². The molecular weight excluding hydrogens is 340 g/mol. The van der Waals surface area contributed by atoms with Gasteiger partial charge in [0.1, 0.15) is 0 Å². The number of nitrogens with one attached hydrogen (secondary N) is 1. The number of halogens is 1. The molecule has 0 spiro atoms. The lowest BCUT2D eigenvalue weighted by atomic mass is 10.1. The van der Waals surface area contributed by atoms with Crippen molar-refractivity contribution in [3.63, 3.8) is 0 Å². The van der Waals surface area contributed by atoms with Crippen LogP contribution in [0.2, 0.25) is 0 Å². The van der Waals surface area contributed by atoms with E-state index in [0.717, 1.165) is 29.9 Å². The summed E-state index contributed by atoms with van der Waals surface area (Å²) in [4.78, 5) is 0.282. The van der Waals surface area contributed by atoms with E-state index in [1.54, 1.807) is 6.07 Å². The van der Waals surface area contributed by atoms with Gasteiger partial charge < -0.3 is 5.73 Å². The fraction of sp³-hybridized carbons (Fsp3) is 0.571. The lowest BCUT2D eigenvalue weighted by Gasteiger charge is -2.12. The molecule has 0 amide bonds. The van der Waals surface area contributed by atoms with Gasteiger partial charge in [-0.1, -0.05) is 18.9 Å². The second-order valence-corrected chi connectivity index (χ2v) is 7.94. The van der Waals surface area contributed by atoms with Crippen molar-refractivity contribution in [3.8, 4) is 0 Å². The maximum atomic E-state index is 12.4. The molecule has 1 aliphatic carbocycles. The zero-order valence-electron chi connectivity index (χ0n) is 11.7. The SMILES string of the molecule is Cc1cc(CN)cc(S(=O)(=O)NCCCC2CC2)c1Br. The highest BCUT2D eigenvalue weighted by atomic mass is 79.9. The monoisotopic (exact) mass is 360 g/mol. The number of hydrogen-bond acceptors (Lipinski definition) is 3. The molecule has 1 saturated carbocycles. The minimum Gasteiger partial charge on any atom is -0.326 e. The van der Waals surface area contributed by atoms with Gasteiger partial charge in [0, 0.05) is 17.6 Å². The molecular formula is C14H21BrN2O2S. The summed E-state index contributed by atoms with van der Waals surface area (Å²) in [6.07, 6.45) is 4.62. The normalized spacial score (nSPS) is 15.6. The second kappa shape index (κ2) is 6.56. The smallest absolute Gasteiger partial charge is 0.241 e. The molecule has 0 bridgehead atoms. The Kier molecular flexibility index (Phi) is 5.23. The van der Waals surface area contributed by atoms with Crippen LogP contribution in [0.4, 0.5) is 0 Å². The minimum absolute atomic E-state index is 0.282. The van der Waals surface area contributed by atoms with E-state index in [9.17, 15) is 8.42 Å². The van der Waals surface area contributed by atoms with Gasteiger partial charge in [0.15, 0.2) is 0 Å². The maximum Gasteiger partial charge on any atom is 0.241 e. The molecule has 1 aromatic rings. The van der Waals surface area contributed by atoms with Crippen LogP contribution in [0.25, 0.3) is 0 Å². The molecule has 0 radical (unpaired) electrons. The summed E-state index contributed by atoms with van der Waals surface area (Å²) in [5.41, 5.74) is 7.32. The standard InChI is InChI=1S/C14H21BrN2O2S/c1-10-7-12(9-16)8-13(14(10)15)20(18,19)17-6-2-3-11-4-5-11/h7-8,11,17H,2-6,9,16H2,1H3. The van der Waals surface area contributed by atoms with E-state index in [1.807, 2.05) is 13.0 Å². The van der Waals surface area contributed by atoms with E-state index in [2.05, 4.69) is 20.7 Å². The van der Waals surface area contributed by atoms with E-state index in [4.69, 9.17) is 5.73 Å². The molecule has 0 aliphatic heterocycles. The van der Waals surface area contributed by atoms with Crippen LogP contribution in [0.5, 0.6) is 0 Å². The minimum atomic E-state index is -3.48. The molecule has 3 N–H and O–H groups in total. The van der Waals surface area contributed by atoms with E-state index in [-0.39, 0.29) is 4.90 Å². The molecule has 6 heteroatoms. The Morgan fingerprint density at radius 3 is 2.70 bits per heavy atom. The summed E-state index contributed by atoms with van der Waals surface area (Å²) in [5.74, 6) is 0.828. The zero-order valence-corrected chi connectivity index (χ0v) is 14.1. The Morgan fingerprint density at radius 1 is 1.40 bits per heavy atom. The third-order valence-corrected chi connectivity index (χ3v) is 6.38. The molecule has 0 unspecified atom stereocenters. The largest absolute Gasteiger partial charge is 0.326 e. The third kappa shape index (κ3) is 4.04. The maximum absolute atomic E-state index is 12.4. The fourth-order valence-electron chi connectivity index (χ4n) is 2.20. The summed E-state index contributed by atoms with van der Waals surface area (Å²) in [6, 6.07) is 3.54. The first kappa shape index (κ1) is 15.9. The Labute approximate surface area is 129 Å². The molecule has 0 heterocycles. The predicted molar refractivity (Wildman–Crippen MR) is 83.9 cm³/mol. The van der Waals surface area contributed by atoms with E-state index >= 15 is 0 Å². The fourth-order valence-corrected chi connectivity index (χ4v) is 4.34. The van der Waals surface area contributed by atoms with Crippen LogP contribution in [-0.4, -0.2) is 15.0 Å². The van der Waals surface area contributed by atoms with Gasteiger partial charge in [-0.3, -0.25) is 0 Å².